The summed E-state index contributed by atoms with van der Waals surface area (Å²) in [6.07, 6.45) is 3.13. The molecular formula is C28H25FN8O. The minimum absolute atomic E-state index is 0.0809. The van der Waals surface area contributed by atoms with E-state index in [1.54, 1.807) is 30.6 Å². The standard InChI is InChI=1S/C28H25FN8O/c29-23-17-22(26(31)38)27(34-20-12-7-13-21(16-20)37-32-14-15-33-37)36-28(23)35-25(19-10-5-2-6-11-19)24(30)18-8-3-1-4-9-18/h1-17,24-25H,30H2,(H2,31,38)(H2,34,35,36)/t24-,25-/m1/s1. The second-order valence-corrected chi connectivity index (χ2v) is 8.54. The van der Waals surface area contributed by atoms with Gasteiger partial charge in [0.1, 0.15) is 5.82 Å². The van der Waals surface area contributed by atoms with Crippen LogP contribution in [-0.2, 0) is 0 Å². The number of hydrogen-bond acceptors (Lipinski definition) is 7. The number of pyridine rings is 1. The van der Waals surface area contributed by atoms with Crippen molar-refractivity contribution in [1.82, 2.24) is 20.0 Å². The van der Waals surface area contributed by atoms with Crippen LogP contribution >= 0.6 is 0 Å². The van der Waals surface area contributed by atoms with Crippen molar-refractivity contribution in [2.45, 2.75) is 12.1 Å². The minimum atomic E-state index is -0.823. The zero-order valence-corrected chi connectivity index (χ0v) is 20.2. The molecule has 0 bridgehead atoms. The summed E-state index contributed by atoms with van der Waals surface area (Å²) < 4.78 is 15.3. The number of benzene rings is 3. The zero-order chi connectivity index (χ0) is 26.5. The molecule has 0 aliphatic carbocycles. The maximum Gasteiger partial charge on any atom is 0.252 e. The van der Waals surface area contributed by atoms with Crippen LogP contribution in [-0.4, -0.2) is 25.9 Å². The summed E-state index contributed by atoms with van der Waals surface area (Å²) >= 11 is 0. The van der Waals surface area contributed by atoms with E-state index in [4.69, 9.17) is 11.5 Å². The highest BCUT2D eigenvalue weighted by Gasteiger charge is 2.25. The first-order valence-electron chi connectivity index (χ1n) is 11.9. The molecule has 2 aromatic heterocycles. The summed E-state index contributed by atoms with van der Waals surface area (Å²) in [5, 5.41) is 14.5. The van der Waals surface area contributed by atoms with Crippen molar-refractivity contribution in [1.29, 1.82) is 0 Å². The van der Waals surface area contributed by atoms with Crippen LogP contribution in [0.1, 0.15) is 33.6 Å². The third-order valence-electron chi connectivity index (χ3n) is 5.99. The van der Waals surface area contributed by atoms with Gasteiger partial charge in [0.05, 0.1) is 35.7 Å². The molecule has 2 heterocycles. The summed E-state index contributed by atoms with van der Waals surface area (Å²) in [6, 6.07) is 26.2. The molecule has 38 heavy (non-hydrogen) atoms. The molecule has 0 unspecified atom stereocenters. The zero-order valence-electron chi connectivity index (χ0n) is 20.2. The number of nitrogens with two attached hydrogens (primary N) is 2. The van der Waals surface area contributed by atoms with Gasteiger partial charge >= 0.3 is 0 Å². The van der Waals surface area contributed by atoms with E-state index < -0.39 is 23.8 Å². The van der Waals surface area contributed by atoms with Gasteiger partial charge < -0.3 is 22.1 Å². The molecule has 190 valence electrons. The van der Waals surface area contributed by atoms with Crippen molar-refractivity contribution in [3.05, 3.63) is 126 Å². The Hall–Kier alpha value is -5.09. The van der Waals surface area contributed by atoms with Crippen molar-refractivity contribution in [2.75, 3.05) is 10.6 Å². The fraction of sp³-hybridized carbons (Fsp3) is 0.0714. The van der Waals surface area contributed by atoms with Crippen molar-refractivity contribution in [3.63, 3.8) is 0 Å². The molecule has 9 nitrogen and oxygen atoms in total. The highest BCUT2D eigenvalue weighted by atomic mass is 19.1. The number of carbonyl (C=O) groups is 1. The third kappa shape index (κ3) is 5.35. The Kier molecular flexibility index (Phi) is 7.05. The summed E-state index contributed by atoms with van der Waals surface area (Å²) in [5.74, 6) is -1.55. The fourth-order valence-electron chi connectivity index (χ4n) is 4.12. The molecule has 0 spiro atoms. The first kappa shape index (κ1) is 24.6. The Balaban J connectivity index is 1.51. The van der Waals surface area contributed by atoms with Gasteiger partial charge in [0.15, 0.2) is 11.6 Å². The van der Waals surface area contributed by atoms with Gasteiger partial charge in [0, 0.05) is 5.69 Å². The van der Waals surface area contributed by atoms with Crippen LogP contribution in [0.15, 0.2) is 103 Å². The quantitative estimate of drug-likeness (QED) is 0.230. The van der Waals surface area contributed by atoms with Crippen molar-refractivity contribution < 1.29 is 9.18 Å². The molecule has 0 aliphatic rings. The predicted molar refractivity (Wildman–Crippen MR) is 144 cm³/mol. The smallest absolute Gasteiger partial charge is 0.252 e. The summed E-state index contributed by atoms with van der Waals surface area (Å²) in [6.45, 7) is 0. The number of anilines is 3. The number of rotatable bonds is 9. The number of nitrogens with one attached hydrogen (secondary N) is 2. The van der Waals surface area contributed by atoms with E-state index in [1.165, 1.54) is 4.80 Å². The number of halogens is 1. The van der Waals surface area contributed by atoms with Gasteiger partial charge in [-0.25, -0.2) is 9.37 Å². The number of aromatic nitrogens is 4. The molecule has 2 atom stereocenters. The third-order valence-corrected chi connectivity index (χ3v) is 5.99. The van der Waals surface area contributed by atoms with E-state index in [0.29, 0.717) is 11.4 Å². The predicted octanol–water partition coefficient (Wildman–Crippen LogP) is 4.50. The number of amides is 1. The lowest BCUT2D eigenvalue weighted by atomic mass is 9.94. The lowest BCUT2D eigenvalue weighted by molar-refractivity contribution is 0.100. The normalized spacial score (nSPS) is 12.5. The fourth-order valence-corrected chi connectivity index (χ4v) is 4.12. The number of hydrogen-bond donors (Lipinski definition) is 4. The molecule has 1 amide bonds. The van der Waals surface area contributed by atoms with Crippen LogP contribution in [0.5, 0.6) is 0 Å². The number of nitrogens with zero attached hydrogens (tertiary/aromatic N) is 4. The maximum absolute atomic E-state index is 15.3. The second kappa shape index (κ2) is 10.9. The average Bonchev–Trinajstić information content (AvgIpc) is 3.49. The molecule has 5 rings (SSSR count). The Morgan fingerprint density at radius 3 is 2.16 bits per heavy atom. The SMILES string of the molecule is NC(=O)c1cc(F)c(N[C@H](c2ccccc2)[C@H](N)c2ccccc2)nc1Nc1cccc(-n2nccn2)c1. The van der Waals surface area contributed by atoms with E-state index >= 15 is 4.39 Å². The van der Waals surface area contributed by atoms with Gasteiger partial charge in [-0.1, -0.05) is 66.7 Å². The Labute approximate surface area is 218 Å². The molecule has 0 radical (unpaired) electrons. The summed E-state index contributed by atoms with van der Waals surface area (Å²) in [4.78, 5) is 18.1. The van der Waals surface area contributed by atoms with Crippen molar-refractivity contribution >= 4 is 23.2 Å². The van der Waals surface area contributed by atoms with Gasteiger partial charge in [-0.2, -0.15) is 15.0 Å². The molecule has 5 aromatic rings. The van der Waals surface area contributed by atoms with E-state index in [-0.39, 0.29) is 17.2 Å². The van der Waals surface area contributed by atoms with E-state index in [9.17, 15) is 4.79 Å². The highest BCUT2D eigenvalue weighted by Crippen LogP contribution is 2.32. The summed E-state index contributed by atoms with van der Waals surface area (Å²) in [5.41, 5.74) is 15.1. The van der Waals surface area contributed by atoms with E-state index in [2.05, 4.69) is 25.8 Å². The lowest BCUT2D eigenvalue weighted by Gasteiger charge is -2.27. The Morgan fingerprint density at radius 2 is 1.50 bits per heavy atom. The largest absolute Gasteiger partial charge is 0.365 e. The van der Waals surface area contributed by atoms with Crippen LogP contribution in [0, 0.1) is 5.82 Å². The molecule has 0 fully saturated rings. The van der Waals surface area contributed by atoms with Gasteiger partial charge in [-0.3, -0.25) is 4.79 Å². The lowest BCUT2D eigenvalue weighted by Crippen LogP contribution is -2.27. The molecule has 0 saturated heterocycles. The number of primary amides is 1. The Bertz CT molecular complexity index is 1530. The maximum atomic E-state index is 15.3. The molecular weight excluding hydrogens is 483 g/mol. The molecule has 10 heteroatoms. The van der Waals surface area contributed by atoms with E-state index in [0.717, 1.165) is 17.2 Å². The van der Waals surface area contributed by atoms with Gasteiger partial charge in [0.25, 0.3) is 5.91 Å². The second-order valence-electron chi connectivity index (χ2n) is 8.54. The van der Waals surface area contributed by atoms with Crippen molar-refractivity contribution in [2.24, 2.45) is 11.5 Å². The topological polar surface area (TPSA) is 137 Å². The Morgan fingerprint density at radius 1 is 0.842 bits per heavy atom. The molecule has 0 saturated carbocycles. The van der Waals surface area contributed by atoms with Gasteiger partial charge in [-0.15, -0.1) is 0 Å². The number of carbonyl (C=O) groups excluding carboxylic acids is 1. The van der Waals surface area contributed by atoms with Crippen LogP contribution in [0.2, 0.25) is 0 Å². The molecule has 3 aromatic carbocycles. The van der Waals surface area contributed by atoms with Crippen molar-refractivity contribution in [3.8, 4) is 5.69 Å². The van der Waals surface area contributed by atoms with E-state index in [1.807, 2.05) is 66.7 Å². The van der Waals surface area contributed by atoms with Crippen LogP contribution in [0.25, 0.3) is 5.69 Å². The van der Waals surface area contributed by atoms with Crippen LogP contribution in [0.3, 0.4) is 0 Å². The minimum Gasteiger partial charge on any atom is -0.365 e. The molecule has 6 N–H and O–H groups in total. The highest BCUT2D eigenvalue weighted by molar-refractivity contribution is 5.98. The average molecular weight is 509 g/mol. The van der Waals surface area contributed by atoms with Crippen LogP contribution in [0.4, 0.5) is 21.7 Å². The first-order valence-corrected chi connectivity index (χ1v) is 11.9. The van der Waals surface area contributed by atoms with Gasteiger partial charge in [0.2, 0.25) is 0 Å². The monoisotopic (exact) mass is 508 g/mol. The summed E-state index contributed by atoms with van der Waals surface area (Å²) in [7, 11) is 0. The van der Waals surface area contributed by atoms with Gasteiger partial charge in [-0.05, 0) is 35.4 Å². The molecule has 0 aliphatic heterocycles. The van der Waals surface area contributed by atoms with Crippen LogP contribution < -0.4 is 22.1 Å². The first-order chi connectivity index (χ1) is 18.5.